The van der Waals surface area contributed by atoms with E-state index in [1.165, 1.54) is 10.9 Å². The fourth-order valence-corrected chi connectivity index (χ4v) is 15.8. The summed E-state index contributed by atoms with van der Waals surface area (Å²) in [6.45, 7) is -0.534. The van der Waals surface area contributed by atoms with Crippen LogP contribution in [0.5, 0.6) is 23.0 Å². The first-order valence-electron chi connectivity index (χ1n) is 33.6. The molecule has 4 heterocycles. The average molecular weight is 1250 g/mol. The van der Waals surface area contributed by atoms with Crippen LogP contribution in [0, 0.1) is 0 Å². The Morgan fingerprint density at radius 2 is 0.500 bits per heavy atom. The van der Waals surface area contributed by atoms with Crippen molar-refractivity contribution in [3.05, 3.63) is 364 Å². The van der Waals surface area contributed by atoms with E-state index in [-0.39, 0.29) is 13.4 Å². The van der Waals surface area contributed by atoms with Crippen LogP contribution in [-0.4, -0.2) is 13.4 Å². The summed E-state index contributed by atoms with van der Waals surface area (Å²) in [6.07, 6.45) is 0. The normalized spacial score (nSPS) is 12.6. The predicted molar refractivity (Wildman–Crippen MR) is 409 cm³/mol. The third-order valence-electron chi connectivity index (χ3n) is 19.9. The second-order valence-electron chi connectivity index (χ2n) is 25.4. The fourth-order valence-electron chi connectivity index (χ4n) is 15.8. The van der Waals surface area contributed by atoms with E-state index in [0.717, 1.165) is 158 Å². The Labute approximate surface area is 571 Å². The summed E-state index contributed by atoms with van der Waals surface area (Å²) in [5.74, 6) is 3.05. The number of anilines is 12. The Balaban J connectivity index is 0.875. The lowest BCUT2D eigenvalue weighted by atomic mass is 9.31. The van der Waals surface area contributed by atoms with E-state index < -0.39 is 0 Å². The van der Waals surface area contributed by atoms with Crippen molar-refractivity contribution in [2.45, 2.75) is 0 Å². The van der Waals surface area contributed by atoms with Gasteiger partial charge in [-0.3, -0.25) is 0 Å². The number of hydrogen-bond donors (Lipinski definition) is 0. The molecule has 6 nitrogen and oxygen atoms in total. The number of nitrogens with zero attached hydrogens (tertiary/aromatic N) is 4. The maximum atomic E-state index is 7.76. The molecule has 0 radical (unpaired) electrons. The number of hydrogen-bond acceptors (Lipinski definition) is 6. The van der Waals surface area contributed by atoms with Crippen molar-refractivity contribution < 1.29 is 9.47 Å². The Hall–Kier alpha value is -12.8. The Bertz CT molecular complexity index is 5000. The second kappa shape index (κ2) is 23.6. The molecule has 15 aromatic carbocycles. The molecule has 4 aliphatic rings. The monoisotopic (exact) mass is 1250 g/mol. The van der Waals surface area contributed by atoms with Gasteiger partial charge in [-0.15, -0.1) is 0 Å². The van der Waals surface area contributed by atoms with Gasteiger partial charge in [0.25, 0.3) is 13.4 Å². The number of para-hydroxylation sites is 8. The first-order chi connectivity index (χ1) is 48.7. The summed E-state index contributed by atoms with van der Waals surface area (Å²) < 4.78 is 15.5. The summed E-state index contributed by atoms with van der Waals surface area (Å²) in [4.78, 5) is 9.79. The molecule has 0 atom stereocenters. The van der Waals surface area contributed by atoms with Gasteiger partial charge in [0.15, 0.2) is 0 Å². The Morgan fingerprint density at radius 3 is 0.816 bits per heavy atom. The highest BCUT2D eigenvalue weighted by Crippen LogP contribution is 2.54. The van der Waals surface area contributed by atoms with Gasteiger partial charge in [-0.25, -0.2) is 0 Å². The minimum atomic E-state index is -0.267. The maximum Gasteiger partial charge on any atom is 0.256 e. The van der Waals surface area contributed by atoms with Gasteiger partial charge in [-0.05, 0) is 128 Å². The van der Waals surface area contributed by atoms with Crippen molar-refractivity contribution in [1.82, 2.24) is 0 Å². The third kappa shape index (κ3) is 9.36. The van der Waals surface area contributed by atoms with E-state index in [1.54, 1.807) is 0 Å². The summed E-state index contributed by atoms with van der Waals surface area (Å²) >= 11 is 0. The van der Waals surface area contributed by atoms with Crippen LogP contribution in [0.3, 0.4) is 0 Å². The highest BCUT2D eigenvalue weighted by Gasteiger charge is 2.48. The van der Waals surface area contributed by atoms with Crippen molar-refractivity contribution in [2.75, 3.05) is 19.6 Å². The van der Waals surface area contributed by atoms with Crippen LogP contribution in [0.15, 0.2) is 364 Å². The van der Waals surface area contributed by atoms with Crippen molar-refractivity contribution in [2.24, 2.45) is 0 Å². The quantitative estimate of drug-likeness (QED) is 0.113. The molecule has 0 bridgehead atoms. The van der Waals surface area contributed by atoms with Crippen LogP contribution in [-0.2, 0) is 0 Å². The Morgan fingerprint density at radius 1 is 0.214 bits per heavy atom. The third-order valence-corrected chi connectivity index (χ3v) is 19.9. The lowest BCUT2D eigenvalue weighted by molar-refractivity contribution is 0.466. The molecule has 0 aromatic heterocycles. The molecule has 4 aliphatic heterocycles. The molecule has 19 rings (SSSR count). The van der Waals surface area contributed by atoms with Crippen LogP contribution in [0.1, 0.15) is 0 Å². The van der Waals surface area contributed by atoms with Crippen LogP contribution in [0.4, 0.5) is 68.2 Å². The molecule has 458 valence electrons. The molecule has 0 amide bonds. The van der Waals surface area contributed by atoms with Gasteiger partial charge in [0, 0.05) is 86.0 Å². The van der Waals surface area contributed by atoms with E-state index in [1.807, 2.05) is 0 Å². The lowest BCUT2D eigenvalue weighted by Gasteiger charge is -2.44. The van der Waals surface area contributed by atoms with Gasteiger partial charge in [0.2, 0.25) is 0 Å². The summed E-state index contributed by atoms with van der Waals surface area (Å²) in [5, 5.41) is 0. The average Bonchev–Trinajstić information content (AvgIpc) is 0.696. The highest BCUT2D eigenvalue weighted by atomic mass is 16.5. The highest BCUT2D eigenvalue weighted by molar-refractivity contribution is 7.02. The molecule has 15 aromatic rings. The van der Waals surface area contributed by atoms with Crippen LogP contribution < -0.4 is 61.9 Å². The molecule has 8 heteroatoms. The van der Waals surface area contributed by atoms with Crippen molar-refractivity contribution in [3.8, 4) is 67.5 Å². The summed E-state index contributed by atoms with van der Waals surface area (Å²) in [5.41, 5.74) is 28.1. The van der Waals surface area contributed by atoms with E-state index in [4.69, 9.17) is 9.47 Å². The van der Waals surface area contributed by atoms with E-state index in [2.05, 4.69) is 384 Å². The fraction of sp³-hybridized carbons (Fsp3) is 0. The lowest BCUT2D eigenvalue weighted by Crippen LogP contribution is -2.63. The van der Waals surface area contributed by atoms with Gasteiger partial charge in [0.1, 0.15) is 23.0 Å². The van der Waals surface area contributed by atoms with Crippen LogP contribution >= 0.6 is 0 Å². The molecule has 0 N–H and O–H groups in total. The zero-order valence-electron chi connectivity index (χ0n) is 53.4. The van der Waals surface area contributed by atoms with Crippen molar-refractivity contribution >= 4 is 114 Å². The minimum Gasteiger partial charge on any atom is -0.458 e. The zero-order valence-corrected chi connectivity index (χ0v) is 53.4. The van der Waals surface area contributed by atoms with E-state index in [9.17, 15) is 0 Å². The number of ether oxygens (including phenoxy) is 2. The molecule has 0 fully saturated rings. The van der Waals surface area contributed by atoms with E-state index in [0.29, 0.717) is 0 Å². The predicted octanol–water partition coefficient (Wildman–Crippen LogP) is 20.1. The number of benzene rings is 15. The molecule has 0 saturated heterocycles. The van der Waals surface area contributed by atoms with Gasteiger partial charge < -0.3 is 29.1 Å². The zero-order chi connectivity index (χ0) is 64.6. The topological polar surface area (TPSA) is 31.4 Å². The van der Waals surface area contributed by atoms with Crippen molar-refractivity contribution in [1.29, 1.82) is 0 Å². The molecule has 0 saturated carbocycles. The van der Waals surface area contributed by atoms with Gasteiger partial charge in [-0.2, -0.15) is 0 Å². The molecule has 0 spiro atoms. The first kappa shape index (κ1) is 56.7. The maximum absolute atomic E-state index is 7.76. The molecular weight excluding hydrogens is 1190 g/mol. The van der Waals surface area contributed by atoms with Crippen LogP contribution in [0.2, 0.25) is 0 Å². The van der Waals surface area contributed by atoms with Gasteiger partial charge in [0.05, 0.1) is 22.7 Å². The molecule has 98 heavy (non-hydrogen) atoms. The molecule has 0 aliphatic carbocycles. The van der Waals surface area contributed by atoms with Crippen LogP contribution in [0.25, 0.3) is 44.5 Å². The van der Waals surface area contributed by atoms with E-state index >= 15 is 0 Å². The molecule has 0 unspecified atom stereocenters. The van der Waals surface area contributed by atoms with Gasteiger partial charge in [-0.1, -0.05) is 273 Å². The number of fused-ring (bicyclic) bond motifs is 8. The second-order valence-corrected chi connectivity index (χ2v) is 25.4. The largest absolute Gasteiger partial charge is 0.458 e. The molecular formula is C90H60B2N4O2. The Kier molecular flexibility index (Phi) is 13.7. The standard InChI is InChI=1S/C90H60B2N4O2/c1-9-31-61(32-10-1)71-47-29-48-72(62-33-11-2-12-34-62)89(71)95-79-53-27-25-51-75(79)91-77-59-78-84(60-83(77)97-85-57-69(55-81(95)87(85)91)93(65-39-17-5-18-40-65)66-41-19-6-20-42-66)98-86-58-70(94(67-43-21-7-22-44-67)68-45-23-8-24-46-68)56-82-88(86)92(78)76-52-26-28-54-80(76)96(82)90-73(63-35-13-3-14-36-63)49-30-50-74(90)64-37-15-4-16-38-64/h1-60H. The SMILES string of the molecule is c1ccc(-c2cccc(-c3ccccc3)c2N2c3ccccc3B3c4cc5c(cc4Oc4cc(N(c6ccccc6)c6ccccc6)cc2c43)Oc2cc(N(c3ccccc3)c3ccccc3)cc3c2B5c2ccccc2N3c2c(-c3ccccc3)cccc2-c2ccccc2)cc1. The summed E-state index contributed by atoms with van der Waals surface area (Å²) in [7, 11) is 0. The van der Waals surface area contributed by atoms with Gasteiger partial charge >= 0.3 is 0 Å². The summed E-state index contributed by atoms with van der Waals surface area (Å²) in [6, 6.07) is 132. The minimum absolute atomic E-state index is 0.267. The number of rotatable bonds is 12. The first-order valence-corrected chi connectivity index (χ1v) is 33.6. The smallest absolute Gasteiger partial charge is 0.256 e. The van der Waals surface area contributed by atoms with Crippen molar-refractivity contribution in [3.63, 3.8) is 0 Å².